The molecule has 1 aliphatic heterocycles. The molecule has 0 radical (unpaired) electrons. The van der Waals surface area contributed by atoms with Crippen LogP contribution in [0.15, 0.2) is 47.4 Å². The molecule has 0 bridgehead atoms. The van der Waals surface area contributed by atoms with Gasteiger partial charge in [-0.3, -0.25) is 14.6 Å². The van der Waals surface area contributed by atoms with Gasteiger partial charge in [0.1, 0.15) is 11.3 Å². The fourth-order valence-corrected chi connectivity index (χ4v) is 6.69. The van der Waals surface area contributed by atoms with E-state index in [1.165, 1.54) is 30.6 Å². The number of aromatic nitrogens is 1. The van der Waals surface area contributed by atoms with Crippen LogP contribution in [0, 0.1) is 0 Å². The quantitative estimate of drug-likeness (QED) is 0.351. The lowest BCUT2D eigenvalue weighted by Crippen LogP contribution is -2.39. The fourth-order valence-electron chi connectivity index (χ4n) is 4.07. The van der Waals surface area contributed by atoms with Crippen molar-refractivity contribution in [2.45, 2.75) is 24.2 Å². The molecule has 4 rings (SSSR count). The van der Waals surface area contributed by atoms with Gasteiger partial charge in [-0.05, 0) is 49.2 Å². The Bertz CT molecular complexity index is 1270. The van der Waals surface area contributed by atoms with E-state index in [1.807, 2.05) is 12.1 Å². The first-order valence-electron chi connectivity index (χ1n) is 11.9. The maximum absolute atomic E-state index is 13.3. The van der Waals surface area contributed by atoms with E-state index in [9.17, 15) is 13.2 Å². The van der Waals surface area contributed by atoms with Crippen molar-refractivity contribution in [1.82, 2.24) is 9.88 Å². The summed E-state index contributed by atoms with van der Waals surface area (Å²) in [5, 5.41) is 1.13. The Labute approximate surface area is 220 Å². The van der Waals surface area contributed by atoms with Gasteiger partial charge in [-0.25, -0.2) is 13.4 Å². The number of carbonyl (C=O) groups is 1. The monoisotopic (exact) mass is 551 g/mol. The van der Waals surface area contributed by atoms with Crippen molar-refractivity contribution in [3.8, 4) is 5.75 Å². The molecule has 1 aliphatic rings. The lowest BCUT2D eigenvalue weighted by Gasteiger charge is -2.27. The first kappa shape index (κ1) is 26.8. The maximum atomic E-state index is 13.3. The molecule has 11 heteroatoms. The van der Waals surface area contributed by atoms with Gasteiger partial charge in [-0.2, -0.15) is 0 Å². The van der Waals surface area contributed by atoms with E-state index in [0.29, 0.717) is 28.0 Å². The second-order valence-corrected chi connectivity index (χ2v) is 12.1. The smallest absolute Gasteiger partial charge is 0.228 e. The Morgan fingerprint density at radius 2 is 1.92 bits per heavy atom. The molecule has 36 heavy (non-hydrogen) atoms. The molecule has 1 fully saturated rings. The molecule has 3 aromatic rings. The van der Waals surface area contributed by atoms with Crippen LogP contribution in [-0.4, -0.2) is 76.5 Å². The fraction of sp³-hybridized carbons (Fsp3) is 0.440. The van der Waals surface area contributed by atoms with Gasteiger partial charge in [-0.15, -0.1) is 0 Å². The average molecular weight is 552 g/mol. The molecule has 194 valence electrons. The van der Waals surface area contributed by atoms with Crippen LogP contribution in [0.5, 0.6) is 5.75 Å². The average Bonchev–Trinajstić information content (AvgIpc) is 3.32. The van der Waals surface area contributed by atoms with Gasteiger partial charge in [-0.1, -0.05) is 29.0 Å². The van der Waals surface area contributed by atoms with Crippen molar-refractivity contribution < 1.29 is 22.7 Å². The van der Waals surface area contributed by atoms with Crippen LogP contribution >= 0.6 is 22.9 Å². The van der Waals surface area contributed by atoms with E-state index in [0.717, 1.165) is 44.0 Å². The summed E-state index contributed by atoms with van der Waals surface area (Å²) >= 11 is 7.74. The highest BCUT2D eigenvalue weighted by atomic mass is 35.5. The van der Waals surface area contributed by atoms with E-state index < -0.39 is 9.84 Å². The summed E-state index contributed by atoms with van der Waals surface area (Å²) in [5.41, 5.74) is 0.673. The summed E-state index contributed by atoms with van der Waals surface area (Å²) < 4.78 is 36.9. The van der Waals surface area contributed by atoms with Crippen LogP contribution in [0.2, 0.25) is 5.02 Å². The number of thiazole rings is 1. The Kier molecular flexibility index (Phi) is 9.19. The zero-order valence-electron chi connectivity index (χ0n) is 20.2. The van der Waals surface area contributed by atoms with Crippen LogP contribution in [0.1, 0.15) is 19.3 Å². The van der Waals surface area contributed by atoms with Crippen LogP contribution < -0.4 is 9.64 Å². The molecular weight excluding hydrogens is 522 g/mol. The van der Waals surface area contributed by atoms with Crippen LogP contribution in [0.3, 0.4) is 0 Å². The molecule has 0 N–H and O–H groups in total. The molecule has 0 atom stereocenters. The Balaban J connectivity index is 1.42. The number of benzene rings is 2. The van der Waals surface area contributed by atoms with Crippen molar-refractivity contribution in [2.75, 3.05) is 57.2 Å². The van der Waals surface area contributed by atoms with Crippen molar-refractivity contribution in [3.63, 3.8) is 0 Å². The highest BCUT2D eigenvalue weighted by Crippen LogP contribution is 2.33. The molecular formula is C25H30ClN3O5S2. The predicted octanol–water partition coefficient (Wildman–Crippen LogP) is 4.27. The van der Waals surface area contributed by atoms with E-state index in [1.54, 1.807) is 23.1 Å². The molecule has 1 aromatic heterocycles. The highest BCUT2D eigenvalue weighted by Gasteiger charge is 2.22. The summed E-state index contributed by atoms with van der Waals surface area (Å²) in [6.45, 7) is 4.56. The van der Waals surface area contributed by atoms with Gasteiger partial charge >= 0.3 is 0 Å². The topological polar surface area (TPSA) is 89.0 Å². The molecule has 0 aliphatic carbocycles. The lowest BCUT2D eigenvalue weighted by molar-refractivity contribution is -0.118. The number of amides is 1. The highest BCUT2D eigenvalue weighted by molar-refractivity contribution is 7.91. The zero-order chi connectivity index (χ0) is 25.5. The number of rotatable bonds is 11. The Morgan fingerprint density at radius 1 is 1.17 bits per heavy atom. The number of morpholine rings is 1. The van der Waals surface area contributed by atoms with Crippen LogP contribution in [0.25, 0.3) is 10.2 Å². The molecule has 0 unspecified atom stereocenters. The first-order chi connectivity index (χ1) is 17.4. The third-order valence-corrected chi connectivity index (χ3v) is 9.24. The Hall–Kier alpha value is -2.24. The maximum Gasteiger partial charge on any atom is 0.228 e. The molecule has 0 spiro atoms. The predicted molar refractivity (Wildman–Crippen MR) is 143 cm³/mol. The second-order valence-electron chi connectivity index (χ2n) is 8.53. The third kappa shape index (κ3) is 6.74. The summed E-state index contributed by atoms with van der Waals surface area (Å²) in [7, 11) is -1.98. The van der Waals surface area contributed by atoms with Crippen LogP contribution in [0.4, 0.5) is 5.13 Å². The minimum atomic E-state index is -3.50. The van der Waals surface area contributed by atoms with Crippen molar-refractivity contribution in [2.24, 2.45) is 0 Å². The van der Waals surface area contributed by atoms with Gasteiger partial charge in [0.15, 0.2) is 15.0 Å². The van der Waals surface area contributed by atoms with E-state index in [-0.39, 0.29) is 29.4 Å². The molecule has 8 nitrogen and oxygen atoms in total. The van der Waals surface area contributed by atoms with E-state index in [2.05, 4.69) is 9.88 Å². The first-order valence-corrected chi connectivity index (χ1v) is 14.7. The van der Waals surface area contributed by atoms with E-state index in [4.69, 9.17) is 21.1 Å². The van der Waals surface area contributed by atoms with Crippen molar-refractivity contribution in [1.29, 1.82) is 0 Å². The number of hydrogen-bond acceptors (Lipinski definition) is 8. The van der Waals surface area contributed by atoms with Gasteiger partial charge < -0.3 is 9.47 Å². The second kappa shape index (κ2) is 12.3. The number of carbonyl (C=O) groups excluding carboxylic acids is 1. The van der Waals surface area contributed by atoms with Gasteiger partial charge in [0.05, 0.1) is 40.7 Å². The number of nitrogens with zero attached hydrogens (tertiary/aromatic N) is 3. The standard InChI is InChI=1S/C25H30ClN3O5S2/c1-33-19-8-10-20(11-9-19)36(31,32)18-3-7-23(30)29(13-4-12-28-14-16-34-17-15-28)25-27-24-21(26)5-2-6-22(24)35-25/h2,5-6,8-11H,3-4,7,12-18H2,1H3. The summed E-state index contributed by atoms with van der Waals surface area (Å²) in [6, 6.07) is 11.9. The van der Waals surface area contributed by atoms with E-state index >= 15 is 0 Å². The summed E-state index contributed by atoms with van der Waals surface area (Å²) in [4.78, 5) is 22.2. The largest absolute Gasteiger partial charge is 0.497 e. The van der Waals surface area contributed by atoms with Crippen LogP contribution in [-0.2, 0) is 19.4 Å². The number of para-hydroxylation sites is 1. The summed E-state index contributed by atoms with van der Waals surface area (Å²) in [5.74, 6) is 0.336. The van der Waals surface area contributed by atoms with Gasteiger partial charge in [0.25, 0.3) is 0 Å². The van der Waals surface area contributed by atoms with Gasteiger partial charge in [0.2, 0.25) is 5.91 Å². The van der Waals surface area contributed by atoms with Crippen molar-refractivity contribution >= 4 is 54.0 Å². The number of hydrogen-bond donors (Lipinski definition) is 0. The molecule has 0 saturated carbocycles. The molecule has 1 saturated heterocycles. The minimum Gasteiger partial charge on any atom is -0.497 e. The summed E-state index contributed by atoms with van der Waals surface area (Å²) in [6.07, 6.45) is 1.11. The molecule has 2 aromatic carbocycles. The minimum absolute atomic E-state index is 0.108. The normalized spacial score (nSPS) is 14.7. The number of ether oxygens (including phenoxy) is 2. The third-order valence-electron chi connectivity index (χ3n) is 6.07. The number of sulfone groups is 1. The number of anilines is 1. The molecule has 1 amide bonds. The Morgan fingerprint density at radius 3 is 2.61 bits per heavy atom. The number of fused-ring (bicyclic) bond motifs is 1. The van der Waals surface area contributed by atoms with Gasteiger partial charge in [0, 0.05) is 32.6 Å². The lowest BCUT2D eigenvalue weighted by atomic mass is 10.2. The zero-order valence-corrected chi connectivity index (χ0v) is 22.6. The number of methoxy groups -OCH3 is 1. The SMILES string of the molecule is COc1ccc(S(=O)(=O)CCCC(=O)N(CCCN2CCOCC2)c2nc3c(Cl)cccc3s2)cc1. The van der Waals surface area contributed by atoms with Crippen molar-refractivity contribution in [3.05, 3.63) is 47.5 Å². The number of halogens is 1. The molecule has 2 heterocycles.